The lowest BCUT2D eigenvalue weighted by molar-refractivity contribution is 0.413. The highest BCUT2D eigenvalue weighted by molar-refractivity contribution is 5.36. The normalized spacial score (nSPS) is 10.3. The minimum atomic E-state index is 0.824. The van der Waals surface area contributed by atoms with Crippen LogP contribution in [-0.4, -0.2) is 7.11 Å². The van der Waals surface area contributed by atoms with Crippen molar-refractivity contribution in [2.75, 3.05) is 7.11 Å². The molecule has 0 unspecified atom stereocenters. The highest BCUT2D eigenvalue weighted by Gasteiger charge is 1.99. The Balaban J connectivity index is 1.92. The third kappa shape index (κ3) is 4.30. The first-order valence-corrected chi connectivity index (χ1v) is 7.22. The molecule has 2 aromatic rings. The number of aryl methyl sites for hydroxylation is 1. The van der Waals surface area contributed by atoms with Crippen LogP contribution in [0, 0.1) is 0 Å². The van der Waals surface area contributed by atoms with E-state index in [0.29, 0.717) is 0 Å². The molecule has 0 aliphatic heterocycles. The predicted molar refractivity (Wildman–Crippen MR) is 82.7 cm³/mol. The average Bonchev–Trinajstić information content (AvgIpc) is 2.50. The van der Waals surface area contributed by atoms with Crippen molar-refractivity contribution in [3.05, 3.63) is 54.1 Å². The van der Waals surface area contributed by atoms with Gasteiger partial charge in [-0.15, -0.1) is 0 Å². The molecule has 0 bridgehead atoms. The molecule has 0 aromatic heterocycles. The van der Waals surface area contributed by atoms with Crippen molar-refractivity contribution in [2.45, 2.75) is 32.6 Å². The number of hydrogen-bond acceptors (Lipinski definition) is 2. The summed E-state index contributed by atoms with van der Waals surface area (Å²) >= 11 is 0. The molecule has 2 nitrogen and oxygen atoms in total. The van der Waals surface area contributed by atoms with E-state index in [2.05, 4.69) is 19.1 Å². The summed E-state index contributed by atoms with van der Waals surface area (Å²) in [6, 6.07) is 16.0. The average molecular weight is 270 g/mol. The SMILES string of the molecule is CCCCCc1ccc(Oc2ccc(OC)cc2)cc1. The van der Waals surface area contributed by atoms with Crippen LogP contribution in [0.1, 0.15) is 31.7 Å². The van der Waals surface area contributed by atoms with Crippen molar-refractivity contribution in [3.63, 3.8) is 0 Å². The molecule has 2 rings (SSSR count). The van der Waals surface area contributed by atoms with Gasteiger partial charge in [-0.2, -0.15) is 0 Å². The summed E-state index contributed by atoms with van der Waals surface area (Å²) in [6.07, 6.45) is 4.97. The quantitative estimate of drug-likeness (QED) is 0.642. The van der Waals surface area contributed by atoms with Crippen molar-refractivity contribution in [1.82, 2.24) is 0 Å². The molecule has 2 heteroatoms. The zero-order chi connectivity index (χ0) is 14.2. The van der Waals surface area contributed by atoms with Gasteiger partial charge in [0.15, 0.2) is 0 Å². The van der Waals surface area contributed by atoms with Crippen molar-refractivity contribution in [2.24, 2.45) is 0 Å². The van der Waals surface area contributed by atoms with Crippen LogP contribution in [0.4, 0.5) is 0 Å². The topological polar surface area (TPSA) is 18.5 Å². The summed E-state index contributed by atoms with van der Waals surface area (Å²) in [4.78, 5) is 0. The summed E-state index contributed by atoms with van der Waals surface area (Å²) < 4.78 is 10.9. The first-order chi connectivity index (χ1) is 9.81. The second-order valence-corrected chi connectivity index (χ2v) is 4.88. The molecule has 2 aromatic carbocycles. The number of hydrogen-bond donors (Lipinski definition) is 0. The Morgan fingerprint density at radius 2 is 1.30 bits per heavy atom. The van der Waals surface area contributed by atoms with Gasteiger partial charge in [-0.25, -0.2) is 0 Å². The predicted octanol–water partition coefficient (Wildman–Crippen LogP) is 5.22. The van der Waals surface area contributed by atoms with E-state index in [-0.39, 0.29) is 0 Å². The number of rotatable bonds is 7. The minimum Gasteiger partial charge on any atom is -0.497 e. The van der Waals surface area contributed by atoms with E-state index in [1.807, 2.05) is 36.4 Å². The summed E-state index contributed by atoms with van der Waals surface area (Å²) in [5.74, 6) is 2.53. The van der Waals surface area contributed by atoms with Crippen LogP contribution >= 0.6 is 0 Å². The van der Waals surface area contributed by atoms with Crippen molar-refractivity contribution in [3.8, 4) is 17.2 Å². The largest absolute Gasteiger partial charge is 0.497 e. The maximum Gasteiger partial charge on any atom is 0.127 e. The molecule has 20 heavy (non-hydrogen) atoms. The molecule has 106 valence electrons. The maximum atomic E-state index is 5.80. The van der Waals surface area contributed by atoms with E-state index in [1.165, 1.54) is 24.8 Å². The Bertz CT molecular complexity index is 500. The standard InChI is InChI=1S/C18H22O2/c1-3-4-5-6-15-7-9-17(10-8-15)20-18-13-11-16(19-2)12-14-18/h7-14H,3-6H2,1-2H3. The lowest BCUT2D eigenvalue weighted by atomic mass is 10.1. The smallest absolute Gasteiger partial charge is 0.127 e. The second kappa shape index (κ2) is 7.59. The number of methoxy groups -OCH3 is 1. The van der Waals surface area contributed by atoms with E-state index in [9.17, 15) is 0 Å². The van der Waals surface area contributed by atoms with Crippen LogP contribution < -0.4 is 9.47 Å². The van der Waals surface area contributed by atoms with E-state index < -0.39 is 0 Å². The van der Waals surface area contributed by atoms with Crippen LogP contribution in [0.15, 0.2) is 48.5 Å². The molecule has 0 fully saturated rings. The van der Waals surface area contributed by atoms with Crippen LogP contribution in [0.5, 0.6) is 17.2 Å². The molecule has 0 radical (unpaired) electrons. The fourth-order valence-corrected chi connectivity index (χ4v) is 2.08. The third-order valence-corrected chi connectivity index (χ3v) is 3.29. The lowest BCUT2D eigenvalue weighted by Gasteiger charge is -2.07. The van der Waals surface area contributed by atoms with E-state index in [4.69, 9.17) is 9.47 Å². The number of ether oxygens (including phenoxy) is 2. The van der Waals surface area contributed by atoms with Crippen molar-refractivity contribution >= 4 is 0 Å². The Kier molecular flexibility index (Phi) is 5.48. The van der Waals surface area contributed by atoms with Crippen LogP contribution in [0.2, 0.25) is 0 Å². The van der Waals surface area contributed by atoms with Gasteiger partial charge in [0.05, 0.1) is 7.11 Å². The van der Waals surface area contributed by atoms with Crippen molar-refractivity contribution in [1.29, 1.82) is 0 Å². The third-order valence-electron chi connectivity index (χ3n) is 3.29. The van der Waals surface area contributed by atoms with Gasteiger partial charge in [0.1, 0.15) is 17.2 Å². The zero-order valence-electron chi connectivity index (χ0n) is 12.3. The zero-order valence-corrected chi connectivity index (χ0v) is 12.3. The van der Waals surface area contributed by atoms with Crippen LogP contribution in [0.25, 0.3) is 0 Å². The minimum absolute atomic E-state index is 0.824. The van der Waals surface area contributed by atoms with E-state index >= 15 is 0 Å². The summed E-state index contributed by atoms with van der Waals surface area (Å²) in [6.45, 7) is 2.23. The first-order valence-electron chi connectivity index (χ1n) is 7.22. The molecular weight excluding hydrogens is 248 g/mol. The van der Waals surface area contributed by atoms with Gasteiger partial charge in [-0.05, 0) is 54.8 Å². The van der Waals surface area contributed by atoms with Gasteiger partial charge in [-0.3, -0.25) is 0 Å². The molecule has 0 atom stereocenters. The number of benzene rings is 2. The molecule has 0 spiro atoms. The lowest BCUT2D eigenvalue weighted by Crippen LogP contribution is -1.88. The van der Waals surface area contributed by atoms with Crippen LogP contribution in [-0.2, 0) is 6.42 Å². The van der Waals surface area contributed by atoms with Gasteiger partial charge < -0.3 is 9.47 Å². The molecule has 0 saturated carbocycles. The van der Waals surface area contributed by atoms with Gasteiger partial charge in [-0.1, -0.05) is 31.9 Å². The Morgan fingerprint density at radius 3 is 1.85 bits per heavy atom. The van der Waals surface area contributed by atoms with Gasteiger partial charge in [0.25, 0.3) is 0 Å². The molecular formula is C18H22O2. The van der Waals surface area contributed by atoms with Gasteiger partial charge >= 0.3 is 0 Å². The maximum absolute atomic E-state index is 5.80. The van der Waals surface area contributed by atoms with Crippen molar-refractivity contribution < 1.29 is 9.47 Å². The fourth-order valence-electron chi connectivity index (χ4n) is 2.08. The Hall–Kier alpha value is -1.96. The summed E-state index contributed by atoms with van der Waals surface area (Å²) in [5, 5.41) is 0. The molecule has 0 amide bonds. The highest BCUT2D eigenvalue weighted by atomic mass is 16.5. The molecule has 0 N–H and O–H groups in total. The Labute approximate surface area is 121 Å². The summed E-state index contributed by atoms with van der Waals surface area (Å²) in [5.41, 5.74) is 1.38. The molecule has 0 saturated heterocycles. The fraction of sp³-hybridized carbons (Fsp3) is 0.333. The molecule has 0 heterocycles. The number of unbranched alkanes of at least 4 members (excludes halogenated alkanes) is 2. The van der Waals surface area contributed by atoms with Gasteiger partial charge in [0.2, 0.25) is 0 Å². The molecule has 0 aliphatic carbocycles. The second-order valence-electron chi connectivity index (χ2n) is 4.88. The van der Waals surface area contributed by atoms with Gasteiger partial charge in [0, 0.05) is 0 Å². The monoisotopic (exact) mass is 270 g/mol. The van der Waals surface area contributed by atoms with Crippen LogP contribution in [0.3, 0.4) is 0 Å². The summed E-state index contributed by atoms with van der Waals surface area (Å²) in [7, 11) is 1.66. The highest BCUT2D eigenvalue weighted by Crippen LogP contribution is 2.24. The first kappa shape index (κ1) is 14.4. The molecule has 0 aliphatic rings. The van der Waals surface area contributed by atoms with E-state index in [0.717, 1.165) is 23.7 Å². The van der Waals surface area contributed by atoms with E-state index in [1.54, 1.807) is 7.11 Å². The Morgan fingerprint density at radius 1 is 0.750 bits per heavy atom.